The van der Waals surface area contributed by atoms with Crippen LogP contribution < -0.4 is 0 Å². The average molecular weight is 278 g/mol. The fourth-order valence-corrected chi connectivity index (χ4v) is 2.80. The topological polar surface area (TPSA) is 66.8 Å². The van der Waals surface area contributed by atoms with Crippen LogP contribution in [-0.2, 0) is 16.0 Å². The Morgan fingerprint density at radius 3 is 2.25 bits per heavy atom. The van der Waals surface area contributed by atoms with E-state index in [0.717, 1.165) is 5.56 Å². The third-order valence-electron chi connectivity index (χ3n) is 4.49. The maximum Gasteiger partial charge on any atom is 0.306 e. The minimum Gasteiger partial charge on any atom is -0.507 e. The number of cyclic esters (lactones) is 1. The van der Waals surface area contributed by atoms with Crippen molar-refractivity contribution in [1.82, 2.24) is 0 Å². The van der Waals surface area contributed by atoms with Crippen LogP contribution in [0.1, 0.15) is 48.4 Å². The number of rotatable bonds is 3. The van der Waals surface area contributed by atoms with Gasteiger partial charge in [0.1, 0.15) is 17.1 Å². The molecule has 4 heteroatoms. The molecule has 0 bridgehead atoms. The van der Waals surface area contributed by atoms with Crippen molar-refractivity contribution < 1.29 is 19.7 Å². The highest BCUT2D eigenvalue weighted by molar-refractivity contribution is 5.72. The van der Waals surface area contributed by atoms with Gasteiger partial charge in [-0.25, -0.2) is 0 Å². The van der Waals surface area contributed by atoms with E-state index in [1.54, 1.807) is 20.8 Å². The van der Waals surface area contributed by atoms with Crippen LogP contribution in [0, 0.1) is 20.8 Å². The molecule has 0 unspecified atom stereocenters. The Morgan fingerprint density at radius 2 is 1.70 bits per heavy atom. The number of phenolic OH excluding ortho intramolecular Hbond substituents is 2. The van der Waals surface area contributed by atoms with Crippen LogP contribution in [0.3, 0.4) is 0 Å². The summed E-state index contributed by atoms with van der Waals surface area (Å²) in [7, 11) is 0. The number of carbonyl (C=O) groups excluding carboxylic acids is 1. The maximum absolute atomic E-state index is 11.2. The Hall–Kier alpha value is -1.71. The third kappa shape index (κ3) is 2.47. The molecule has 110 valence electrons. The lowest BCUT2D eigenvalue weighted by Gasteiger charge is -2.24. The number of carbonyl (C=O) groups is 1. The molecule has 1 aromatic carbocycles. The molecule has 0 radical (unpaired) electrons. The summed E-state index contributed by atoms with van der Waals surface area (Å²) in [6.07, 6.45) is 2.40. The molecular formula is C16H22O4. The first-order chi connectivity index (χ1) is 9.25. The standard InChI is InChI=1S/C16H22O4/c1-9-10(2)15(19)12(11(3)14(9)18)5-7-16(4)8-6-13(17)20-16/h18-19H,5-8H2,1-4H3/t16-/m0/s1. The van der Waals surface area contributed by atoms with Gasteiger partial charge in [-0.3, -0.25) is 4.79 Å². The van der Waals surface area contributed by atoms with Crippen molar-refractivity contribution in [2.45, 2.75) is 59.0 Å². The van der Waals surface area contributed by atoms with Crippen LogP contribution in [-0.4, -0.2) is 21.8 Å². The molecule has 0 spiro atoms. The van der Waals surface area contributed by atoms with Crippen molar-refractivity contribution in [3.8, 4) is 11.5 Å². The van der Waals surface area contributed by atoms with Crippen LogP contribution in [0.15, 0.2) is 0 Å². The van der Waals surface area contributed by atoms with E-state index in [1.165, 1.54) is 0 Å². The lowest BCUT2D eigenvalue weighted by Crippen LogP contribution is -2.24. The fraction of sp³-hybridized carbons (Fsp3) is 0.562. The molecule has 2 rings (SSSR count). The lowest BCUT2D eigenvalue weighted by atomic mass is 9.89. The van der Waals surface area contributed by atoms with Crippen molar-refractivity contribution in [1.29, 1.82) is 0 Å². The van der Waals surface area contributed by atoms with Crippen LogP contribution in [0.25, 0.3) is 0 Å². The third-order valence-corrected chi connectivity index (χ3v) is 4.49. The van der Waals surface area contributed by atoms with E-state index in [2.05, 4.69) is 0 Å². The first kappa shape index (κ1) is 14.7. The molecule has 1 heterocycles. The molecule has 0 amide bonds. The molecule has 0 saturated carbocycles. The van der Waals surface area contributed by atoms with Gasteiger partial charge in [0.25, 0.3) is 0 Å². The molecule has 1 fully saturated rings. The molecule has 1 aliphatic rings. The molecule has 1 aliphatic heterocycles. The smallest absolute Gasteiger partial charge is 0.306 e. The quantitative estimate of drug-likeness (QED) is 0.658. The summed E-state index contributed by atoms with van der Waals surface area (Å²) in [5.74, 6) is 0.325. The molecular weight excluding hydrogens is 256 g/mol. The molecule has 0 aliphatic carbocycles. The van der Waals surface area contributed by atoms with Gasteiger partial charge in [0.2, 0.25) is 0 Å². The minimum atomic E-state index is -0.454. The van der Waals surface area contributed by atoms with E-state index in [4.69, 9.17) is 4.74 Å². The summed E-state index contributed by atoms with van der Waals surface area (Å²) >= 11 is 0. The number of hydrogen-bond acceptors (Lipinski definition) is 4. The fourth-order valence-electron chi connectivity index (χ4n) is 2.80. The van der Waals surface area contributed by atoms with E-state index in [9.17, 15) is 15.0 Å². The van der Waals surface area contributed by atoms with Crippen LogP contribution in [0.5, 0.6) is 11.5 Å². The van der Waals surface area contributed by atoms with Gasteiger partial charge >= 0.3 is 5.97 Å². The number of phenols is 2. The molecule has 1 saturated heterocycles. The van der Waals surface area contributed by atoms with Crippen LogP contribution >= 0.6 is 0 Å². The highest BCUT2D eigenvalue weighted by Crippen LogP contribution is 2.39. The normalized spacial score (nSPS) is 22.1. The van der Waals surface area contributed by atoms with E-state index >= 15 is 0 Å². The van der Waals surface area contributed by atoms with Crippen molar-refractivity contribution in [3.05, 3.63) is 22.3 Å². The molecule has 2 N–H and O–H groups in total. The second-order valence-corrected chi connectivity index (χ2v) is 5.97. The Morgan fingerprint density at radius 1 is 1.10 bits per heavy atom. The zero-order valence-electron chi connectivity index (χ0n) is 12.5. The molecule has 20 heavy (non-hydrogen) atoms. The van der Waals surface area contributed by atoms with Crippen LogP contribution in [0.4, 0.5) is 0 Å². The van der Waals surface area contributed by atoms with Gasteiger partial charge in [-0.05, 0) is 63.6 Å². The monoisotopic (exact) mass is 278 g/mol. The number of ether oxygens (including phenoxy) is 1. The number of hydrogen-bond donors (Lipinski definition) is 2. The van der Waals surface area contributed by atoms with Gasteiger partial charge in [-0.1, -0.05) is 0 Å². The van der Waals surface area contributed by atoms with Gasteiger partial charge < -0.3 is 14.9 Å². The van der Waals surface area contributed by atoms with Crippen molar-refractivity contribution >= 4 is 5.97 Å². The second kappa shape index (κ2) is 5.00. The first-order valence-electron chi connectivity index (χ1n) is 6.97. The summed E-state index contributed by atoms with van der Waals surface area (Å²) < 4.78 is 5.35. The molecule has 1 atom stereocenters. The predicted molar refractivity (Wildman–Crippen MR) is 76.0 cm³/mol. The summed E-state index contributed by atoms with van der Waals surface area (Å²) in [5, 5.41) is 20.4. The summed E-state index contributed by atoms with van der Waals surface area (Å²) in [4.78, 5) is 11.2. The maximum atomic E-state index is 11.2. The molecule has 1 aromatic rings. The van der Waals surface area contributed by atoms with Crippen molar-refractivity contribution in [2.24, 2.45) is 0 Å². The predicted octanol–water partition coefficient (Wildman–Crippen LogP) is 3.05. The number of aromatic hydroxyl groups is 2. The van der Waals surface area contributed by atoms with Gasteiger partial charge in [0.15, 0.2) is 0 Å². The van der Waals surface area contributed by atoms with Crippen LogP contribution in [0.2, 0.25) is 0 Å². The average Bonchev–Trinajstić information content (AvgIpc) is 2.74. The highest BCUT2D eigenvalue weighted by Gasteiger charge is 2.35. The lowest BCUT2D eigenvalue weighted by molar-refractivity contribution is -0.147. The van der Waals surface area contributed by atoms with Crippen molar-refractivity contribution in [2.75, 3.05) is 0 Å². The van der Waals surface area contributed by atoms with E-state index < -0.39 is 5.60 Å². The number of esters is 1. The number of benzene rings is 1. The Balaban J connectivity index is 2.24. The Labute approximate surface area is 119 Å². The van der Waals surface area contributed by atoms with Gasteiger partial charge in [-0.15, -0.1) is 0 Å². The van der Waals surface area contributed by atoms with Gasteiger partial charge in [-0.2, -0.15) is 0 Å². The van der Waals surface area contributed by atoms with Crippen molar-refractivity contribution in [3.63, 3.8) is 0 Å². The van der Waals surface area contributed by atoms with E-state index in [1.807, 2.05) is 6.92 Å². The second-order valence-electron chi connectivity index (χ2n) is 5.97. The largest absolute Gasteiger partial charge is 0.507 e. The Kier molecular flexibility index (Phi) is 3.67. The SMILES string of the molecule is Cc1c(C)c(O)c(CC[C@@]2(C)CCC(=O)O2)c(C)c1O. The first-order valence-corrected chi connectivity index (χ1v) is 6.97. The highest BCUT2D eigenvalue weighted by atomic mass is 16.6. The van der Waals surface area contributed by atoms with E-state index in [-0.39, 0.29) is 17.5 Å². The summed E-state index contributed by atoms with van der Waals surface area (Å²) in [5.41, 5.74) is 2.41. The van der Waals surface area contributed by atoms with Gasteiger partial charge in [0.05, 0.1) is 0 Å². The zero-order valence-corrected chi connectivity index (χ0v) is 12.5. The molecule has 0 aromatic heterocycles. The molecule has 4 nitrogen and oxygen atoms in total. The summed E-state index contributed by atoms with van der Waals surface area (Å²) in [6.45, 7) is 7.32. The minimum absolute atomic E-state index is 0.156. The zero-order chi connectivity index (χ0) is 15.1. The van der Waals surface area contributed by atoms with Gasteiger partial charge in [0, 0.05) is 12.0 Å². The van der Waals surface area contributed by atoms with E-state index in [0.29, 0.717) is 42.4 Å². The summed E-state index contributed by atoms with van der Waals surface area (Å²) in [6, 6.07) is 0. The Bertz CT molecular complexity index is 533.